The summed E-state index contributed by atoms with van der Waals surface area (Å²) in [6.07, 6.45) is 0.930. The second kappa shape index (κ2) is 9.68. The predicted molar refractivity (Wildman–Crippen MR) is 58.3 cm³/mol. The first-order valence-corrected chi connectivity index (χ1v) is 4.23. The molecule has 0 aliphatic carbocycles. The lowest BCUT2D eigenvalue weighted by Crippen LogP contribution is -2.43. The summed E-state index contributed by atoms with van der Waals surface area (Å²) < 4.78 is 0. The first-order valence-electron chi connectivity index (χ1n) is 4.23. The number of hydrogen-bond donors (Lipinski definition) is 3. The van der Waals surface area contributed by atoms with E-state index in [1.54, 1.807) is 0 Å². The fourth-order valence-electron chi connectivity index (χ4n) is 1.20. The van der Waals surface area contributed by atoms with E-state index in [-0.39, 0.29) is 24.5 Å². The third kappa shape index (κ3) is 5.77. The number of nitrogens with zero attached hydrogens (tertiary/aromatic N) is 1. The molecule has 0 aromatic heterocycles. The van der Waals surface area contributed by atoms with Gasteiger partial charge in [-0.25, -0.2) is 10.4 Å². The van der Waals surface area contributed by atoms with E-state index in [0.29, 0.717) is 0 Å². The Morgan fingerprint density at radius 1 is 1.46 bits per heavy atom. The Morgan fingerprint density at radius 2 is 2.08 bits per heavy atom. The van der Waals surface area contributed by atoms with Gasteiger partial charge >= 0.3 is 0 Å². The molecule has 4 nitrogen and oxygen atoms in total. The fraction of sp³-hybridized carbons (Fsp3) is 0.875. The molecule has 0 spiro atoms. The number of halogens is 1. The Bertz CT molecular complexity index is 156. The summed E-state index contributed by atoms with van der Waals surface area (Å²) in [7, 11) is 3.81. The second-order valence-corrected chi connectivity index (χ2v) is 2.67. The molecule has 5 heteroatoms. The first kappa shape index (κ1) is 15.1. The lowest BCUT2D eigenvalue weighted by atomic mass is 10.1. The van der Waals surface area contributed by atoms with E-state index in [0.717, 1.165) is 13.0 Å². The molecule has 13 heavy (non-hydrogen) atoms. The standard InChI is InChI=1S/C8H18N4.ClH/c1-4-7(12-6-9)8(11-3)5-10-2;/h7-11H,4-5H2,1-3H3;1H. The van der Waals surface area contributed by atoms with Gasteiger partial charge in [0.25, 0.3) is 0 Å². The minimum atomic E-state index is 0. The molecule has 0 rings (SSSR count). The lowest BCUT2D eigenvalue weighted by molar-refractivity contribution is 0.437. The largest absolute Gasteiger partial charge is 0.318 e. The van der Waals surface area contributed by atoms with Crippen molar-refractivity contribution in [1.82, 2.24) is 10.6 Å². The minimum absolute atomic E-state index is 0. The van der Waals surface area contributed by atoms with Crippen molar-refractivity contribution in [2.24, 2.45) is 4.99 Å². The van der Waals surface area contributed by atoms with Crippen molar-refractivity contribution in [3.63, 3.8) is 0 Å². The zero-order valence-corrected chi connectivity index (χ0v) is 9.24. The van der Waals surface area contributed by atoms with E-state index in [4.69, 9.17) is 5.41 Å². The smallest absolute Gasteiger partial charge is 0.0865 e. The highest BCUT2D eigenvalue weighted by Gasteiger charge is 2.15. The molecular formula is C8H19ClN4. The summed E-state index contributed by atoms with van der Waals surface area (Å²) in [6.45, 7) is 2.92. The van der Waals surface area contributed by atoms with Crippen molar-refractivity contribution in [3.8, 4) is 0 Å². The van der Waals surface area contributed by atoms with Gasteiger partial charge in [0.05, 0.1) is 12.1 Å². The van der Waals surface area contributed by atoms with E-state index in [1.165, 1.54) is 0 Å². The first-order chi connectivity index (χ1) is 5.79. The molecule has 0 heterocycles. The highest BCUT2D eigenvalue weighted by molar-refractivity contribution is 5.85. The van der Waals surface area contributed by atoms with Gasteiger partial charge in [0.15, 0.2) is 0 Å². The number of rotatable bonds is 6. The van der Waals surface area contributed by atoms with Gasteiger partial charge in [-0.05, 0) is 20.5 Å². The summed E-state index contributed by atoms with van der Waals surface area (Å²) in [5.41, 5.74) is 0. The third-order valence-electron chi connectivity index (χ3n) is 1.91. The predicted octanol–water partition coefficient (Wildman–Crippen LogP) is 0.747. The van der Waals surface area contributed by atoms with Gasteiger partial charge in [-0.1, -0.05) is 6.92 Å². The van der Waals surface area contributed by atoms with Crippen LogP contribution < -0.4 is 10.6 Å². The van der Waals surface area contributed by atoms with Gasteiger partial charge in [0.1, 0.15) is 0 Å². The van der Waals surface area contributed by atoms with Crippen molar-refractivity contribution < 1.29 is 0 Å². The SMILES string of the molecule is CCC(N=C=N)C(CNC)NC.Cl. The van der Waals surface area contributed by atoms with Crippen LogP contribution in [0.1, 0.15) is 13.3 Å². The van der Waals surface area contributed by atoms with Gasteiger partial charge in [0, 0.05) is 12.6 Å². The molecule has 0 aliphatic heterocycles. The maximum atomic E-state index is 6.77. The third-order valence-corrected chi connectivity index (χ3v) is 1.91. The second-order valence-electron chi connectivity index (χ2n) is 2.67. The average Bonchev–Trinajstić information content (AvgIpc) is 2.11. The maximum Gasteiger partial charge on any atom is 0.0865 e. The van der Waals surface area contributed by atoms with Crippen molar-refractivity contribution >= 4 is 18.4 Å². The van der Waals surface area contributed by atoms with Crippen LogP contribution in [0.25, 0.3) is 0 Å². The molecule has 3 N–H and O–H groups in total. The zero-order valence-electron chi connectivity index (χ0n) is 8.42. The molecule has 0 aromatic carbocycles. The minimum Gasteiger partial charge on any atom is -0.318 e. The highest BCUT2D eigenvalue weighted by atomic mass is 35.5. The molecule has 0 saturated heterocycles. The summed E-state index contributed by atoms with van der Waals surface area (Å²) in [5, 5.41) is 13.0. The van der Waals surface area contributed by atoms with E-state index in [2.05, 4.69) is 28.6 Å². The van der Waals surface area contributed by atoms with Crippen LogP contribution in [-0.4, -0.2) is 38.7 Å². The average molecular weight is 207 g/mol. The van der Waals surface area contributed by atoms with Crippen LogP contribution in [0.15, 0.2) is 4.99 Å². The van der Waals surface area contributed by atoms with Gasteiger partial charge in [-0.15, -0.1) is 12.4 Å². The van der Waals surface area contributed by atoms with Gasteiger partial charge in [-0.2, -0.15) is 0 Å². The topological polar surface area (TPSA) is 60.3 Å². The van der Waals surface area contributed by atoms with Crippen molar-refractivity contribution in [1.29, 1.82) is 5.41 Å². The van der Waals surface area contributed by atoms with E-state index < -0.39 is 0 Å². The number of likely N-dealkylation sites (N-methyl/N-ethyl adjacent to an activating group) is 2. The van der Waals surface area contributed by atoms with Crippen LogP contribution in [0.2, 0.25) is 0 Å². The van der Waals surface area contributed by atoms with Crippen LogP contribution in [0.4, 0.5) is 0 Å². The van der Waals surface area contributed by atoms with Crippen molar-refractivity contribution in [2.45, 2.75) is 25.4 Å². The highest BCUT2D eigenvalue weighted by Crippen LogP contribution is 2.01. The Kier molecular flexibility index (Phi) is 11.2. The zero-order chi connectivity index (χ0) is 9.40. The summed E-state index contributed by atoms with van der Waals surface area (Å²) >= 11 is 0. The fourth-order valence-corrected chi connectivity index (χ4v) is 1.20. The van der Waals surface area contributed by atoms with Crippen LogP contribution in [0.5, 0.6) is 0 Å². The molecule has 2 atom stereocenters. The monoisotopic (exact) mass is 206 g/mol. The Balaban J connectivity index is 0. The van der Waals surface area contributed by atoms with Crippen molar-refractivity contribution in [3.05, 3.63) is 0 Å². The summed E-state index contributed by atoms with van der Waals surface area (Å²) in [6, 6.07) is 2.54. The number of aliphatic imine (C=N–C) groups is 1. The summed E-state index contributed by atoms with van der Waals surface area (Å²) in [5.74, 6) is 0. The molecule has 0 fully saturated rings. The van der Waals surface area contributed by atoms with Crippen LogP contribution in [0, 0.1) is 5.41 Å². The maximum absolute atomic E-state index is 6.77. The normalized spacial score (nSPS) is 13.8. The number of nitrogens with one attached hydrogen (secondary N) is 3. The Morgan fingerprint density at radius 3 is 2.38 bits per heavy atom. The van der Waals surface area contributed by atoms with Crippen molar-refractivity contribution in [2.75, 3.05) is 20.6 Å². The lowest BCUT2D eigenvalue weighted by Gasteiger charge is -2.20. The Hall–Kier alpha value is -0.410. The van der Waals surface area contributed by atoms with E-state index in [9.17, 15) is 0 Å². The van der Waals surface area contributed by atoms with E-state index >= 15 is 0 Å². The van der Waals surface area contributed by atoms with Gasteiger partial charge in [0.2, 0.25) is 0 Å². The van der Waals surface area contributed by atoms with Gasteiger partial charge < -0.3 is 10.6 Å². The van der Waals surface area contributed by atoms with Crippen LogP contribution in [-0.2, 0) is 0 Å². The molecule has 0 radical (unpaired) electrons. The van der Waals surface area contributed by atoms with Gasteiger partial charge in [-0.3, -0.25) is 0 Å². The quantitative estimate of drug-likeness (QED) is 0.562. The molecule has 0 bridgehead atoms. The number of hydrogen-bond acceptors (Lipinski definition) is 4. The van der Waals surface area contributed by atoms with E-state index in [1.807, 2.05) is 14.1 Å². The molecule has 0 amide bonds. The molecule has 78 valence electrons. The van der Waals surface area contributed by atoms with Crippen LogP contribution in [0.3, 0.4) is 0 Å². The molecule has 2 unspecified atom stereocenters. The Labute approximate surface area is 86.1 Å². The molecule has 0 aliphatic rings. The molecular weight excluding hydrogens is 188 g/mol. The molecule has 0 aromatic rings. The molecule has 0 saturated carbocycles. The van der Waals surface area contributed by atoms with Crippen LogP contribution >= 0.6 is 12.4 Å². The summed E-state index contributed by atoms with van der Waals surface area (Å²) in [4.78, 5) is 3.95.